The highest BCUT2D eigenvalue weighted by Gasteiger charge is 2.40. The van der Waals surface area contributed by atoms with Gasteiger partial charge in [-0.2, -0.15) is 0 Å². The van der Waals surface area contributed by atoms with Gasteiger partial charge >= 0.3 is 0 Å². The molecule has 0 aromatic carbocycles. The Kier molecular flexibility index (Phi) is 2.46. The number of hydrogen-bond acceptors (Lipinski definition) is 3. The van der Waals surface area contributed by atoms with Crippen LogP contribution in [0.1, 0.15) is 42.6 Å². The first-order valence-electron chi connectivity index (χ1n) is 6.12. The van der Waals surface area contributed by atoms with E-state index in [0.29, 0.717) is 18.0 Å². The minimum atomic E-state index is 0.172. The molecule has 16 heavy (non-hydrogen) atoms. The fourth-order valence-electron chi connectivity index (χ4n) is 3.41. The quantitative estimate of drug-likeness (QED) is 0.729. The van der Waals surface area contributed by atoms with Gasteiger partial charge in [0.15, 0.2) is 5.78 Å². The molecule has 1 heterocycles. The Morgan fingerprint density at radius 2 is 2.25 bits per heavy atom. The molecule has 0 aliphatic heterocycles. The van der Waals surface area contributed by atoms with Gasteiger partial charge in [0.05, 0.1) is 6.20 Å². The summed E-state index contributed by atoms with van der Waals surface area (Å²) in [7, 11) is 0. The van der Waals surface area contributed by atoms with Crippen LogP contribution in [0.5, 0.6) is 0 Å². The molecule has 3 nitrogen and oxygen atoms in total. The summed E-state index contributed by atoms with van der Waals surface area (Å²) in [5, 5.41) is 0. The highest BCUT2D eigenvalue weighted by Crippen LogP contribution is 2.49. The Morgan fingerprint density at radius 3 is 2.88 bits per heavy atom. The number of rotatable bonds is 3. The first-order valence-corrected chi connectivity index (χ1v) is 6.12. The van der Waals surface area contributed by atoms with Gasteiger partial charge in [0.25, 0.3) is 0 Å². The highest BCUT2D eigenvalue weighted by molar-refractivity contribution is 5.94. The predicted octanol–water partition coefficient (Wildman–Crippen LogP) is 2.49. The Morgan fingerprint density at radius 1 is 1.31 bits per heavy atom. The summed E-state index contributed by atoms with van der Waals surface area (Å²) in [6.07, 6.45) is 10.8. The summed E-state index contributed by atoms with van der Waals surface area (Å²) in [4.78, 5) is 20.0. The second-order valence-electron chi connectivity index (χ2n) is 5.15. The number of carbonyl (C=O) groups is 1. The normalized spacial score (nSPS) is 31.9. The van der Waals surface area contributed by atoms with E-state index in [4.69, 9.17) is 0 Å². The molecule has 0 N–H and O–H groups in total. The van der Waals surface area contributed by atoms with Crippen molar-refractivity contribution in [2.75, 3.05) is 0 Å². The summed E-state index contributed by atoms with van der Waals surface area (Å²) >= 11 is 0. The average Bonchev–Trinajstić information content (AvgIpc) is 2.92. The molecule has 0 radical (unpaired) electrons. The molecule has 2 fully saturated rings. The molecule has 2 bridgehead atoms. The summed E-state index contributed by atoms with van der Waals surface area (Å²) < 4.78 is 0. The predicted molar refractivity (Wildman–Crippen MR) is 59.9 cm³/mol. The maximum Gasteiger partial charge on any atom is 0.183 e. The fraction of sp³-hybridized carbons (Fsp3) is 0.615. The summed E-state index contributed by atoms with van der Waals surface area (Å²) in [6.45, 7) is 0. The largest absolute Gasteiger partial charge is 0.292 e. The van der Waals surface area contributed by atoms with Crippen LogP contribution in [0.25, 0.3) is 0 Å². The van der Waals surface area contributed by atoms with Gasteiger partial charge in [-0.05, 0) is 37.0 Å². The lowest BCUT2D eigenvalue weighted by atomic mass is 9.85. The van der Waals surface area contributed by atoms with E-state index in [-0.39, 0.29) is 5.78 Å². The molecular formula is C13H16N2O. The van der Waals surface area contributed by atoms with Gasteiger partial charge in [0, 0.05) is 18.8 Å². The minimum Gasteiger partial charge on any atom is -0.292 e. The van der Waals surface area contributed by atoms with Crippen LogP contribution in [-0.2, 0) is 0 Å². The first kappa shape index (κ1) is 9.94. The Bertz CT molecular complexity index is 390. The van der Waals surface area contributed by atoms with Crippen LogP contribution in [0.4, 0.5) is 0 Å². The number of fused-ring (bicyclic) bond motifs is 2. The summed E-state index contributed by atoms with van der Waals surface area (Å²) in [5.41, 5.74) is 0.533. The van der Waals surface area contributed by atoms with Crippen LogP contribution in [-0.4, -0.2) is 15.8 Å². The van der Waals surface area contributed by atoms with Crippen molar-refractivity contribution in [1.29, 1.82) is 0 Å². The summed E-state index contributed by atoms with van der Waals surface area (Å²) in [5.74, 6) is 2.51. The van der Waals surface area contributed by atoms with Crippen LogP contribution in [0.15, 0.2) is 18.6 Å². The van der Waals surface area contributed by atoms with E-state index < -0.39 is 0 Å². The number of nitrogens with zero attached hydrogens (tertiary/aromatic N) is 2. The van der Waals surface area contributed by atoms with Crippen molar-refractivity contribution in [3.63, 3.8) is 0 Å². The van der Waals surface area contributed by atoms with E-state index in [9.17, 15) is 4.79 Å². The Labute approximate surface area is 95.3 Å². The van der Waals surface area contributed by atoms with E-state index in [1.807, 2.05) is 0 Å². The second-order valence-corrected chi connectivity index (χ2v) is 5.15. The molecule has 3 unspecified atom stereocenters. The van der Waals surface area contributed by atoms with Crippen molar-refractivity contribution in [1.82, 2.24) is 9.97 Å². The molecule has 84 valence electrons. The maximum absolute atomic E-state index is 12.0. The third-order valence-corrected chi connectivity index (χ3v) is 4.18. The molecule has 2 aliphatic rings. The maximum atomic E-state index is 12.0. The Balaban J connectivity index is 1.65. The standard InChI is InChI=1S/C13H16N2O/c16-13(12-8-14-3-4-15-12)7-11-6-9-1-2-10(11)5-9/h3-4,8-11H,1-2,5-7H2. The van der Waals surface area contributed by atoms with Crippen molar-refractivity contribution in [3.05, 3.63) is 24.3 Å². The van der Waals surface area contributed by atoms with Gasteiger partial charge in [0.2, 0.25) is 0 Å². The SMILES string of the molecule is O=C(CC1CC2CCC1C2)c1cnccn1. The lowest BCUT2D eigenvalue weighted by Crippen LogP contribution is -2.16. The number of ketones is 1. The number of aromatic nitrogens is 2. The van der Waals surface area contributed by atoms with Crippen LogP contribution in [0.2, 0.25) is 0 Å². The molecule has 3 atom stereocenters. The number of hydrogen-bond donors (Lipinski definition) is 0. The van der Waals surface area contributed by atoms with Crippen LogP contribution < -0.4 is 0 Å². The molecule has 0 saturated heterocycles. The molecule has 2 aliphatic carbocycles. The molecule has 2 saturated carbocycles. The van der Waals surface area contributed by atoms with Crippen LogP contribution in [0.3, 0.4) is 0 Å². The molecule has 1 aromatic heterocycles. The molecule has 3 heteroatoms. The monoisotopic (exact) mass is 216 g/mol. The molecule has 0 spiro atoms. The van der Waals surface area contributed by atoms with E-state index in [1.54, 1.807) is 18.6 Å². The number of carbonyl (C=O) groups excluding carboxylic acids is 1. The van der Waals surface area contributed by atoms with E-state index >= 15 is 0 Å². The highest BCUT2D eigenvalue weighted by atomic mass is 16.1. The van der Waals surface area contributed by atoms with Crippen LogP contribution in [0, 0.1) is 17.8 Å². The van der Waals surface area contributed by atoms with Gasteiger partial charge in [-0.15, -0.1) is 0 Å². The van der Waals surface area contributed by atoms with E-state index in [0.717, 1.165) is 11.8 Å². The van der Waals surface area contributed by atoms with Crippen molar-refractivity contribution in [2.24, 2.45) is 17.8 Å². The minimum absolute atomic E-state index is 0.172. The van der Waals surface area contributed by atoms with Crippen molar-refractivity contribution in [2.45, 2.75) is 32.1 Å². The third-order valence-electron chi connectivity index (χ3n) is 4.18. The van der Waals surface area contributed by atoms with Crippen LogP contribution >= 0.6 is 0 Å². The lowest BCUT2D eigenvalue weighted by molar-refractivity contribution is 0.0939. The zero-order valence-corrected chi connectivity index (χ0v) is 9.30. The summed E-state index contributed by atoms with van der Waals surface area (Å²) in [6, 6.07) is 0. The number of Topliss-reactive ketones (excluding diaryl/α,β-unsaturated/α-hetero) is 1. The zero-order chi connectivity index (χ0) is 11.0. The van der Waals surface area contributed by atoms with Gasteiger partial charge in [-0.1, -0.05) is 6.42 Å². The molecular weight excluding hydrogens is 200 g/mol. The van der Waals surface area contributed by atoms with Crippen molar-refractivity contribution >= 4 is 5.78 Å². The van der Waals surface area contributed by atoms with Gasteiger partial charge < -0.3 is 0 Å². The van der Waals surface area contributed by atoms with Gasteiger partial charge in [-0.3, -0.25) is 9.78 Å². The van der Waals surface area contributed by atoms with Crippen molar-refractivity contribution < 1.29 is 4.79 Å². The smallest absolute Gasteiger partial charge is 0.183 e. The second kappa shape index (κ2) is 3.96. The molecule has 1 aromatic rings. The first-order chi connectivity index (χ1) is 7.83. The average molecular weight is 216 g/mol. The van der Waals surface area contributed by atoms with Crippen molar-refractivity contribution in [3.8, 4) is 0 Å². The third kappa shape index (κ3) is 1.75. The van der Waals surface area contributed by atoms with Gasteiger partial charge in [-0.25, -0.2) is 4.98 Å². The molecule has 3 rings (SSSR count). The van der Waals surface area contributed by atoms with E-state index in [1.165, 1.54) is 25.7 Å². The fourth-order valence-corrected chi connectivity index (χ4v) is 3.41. The zero-order valence-electron chi connectivity index (χ0n) is 9.30. The molecule has 0 amide bonds. The lowest BCUT2D eigenvalue weighted by Gasteiger charge is -2.20. The van der Waals surface area contributed by atoms with E-state index in [2.05, 4.69) is 9.97 Å². The van der Waals surface area contributed by atoms with Gasteiger partial charge in [0.1, 0.15) is 5.69 Å². The topological polar surface area (TPSA) is 42.9 Å². The Hall–Kier alpha value is -1.25.